The fourth-order valence-electron chi connectivity index (χ4n) is 1.72. The van der Waals surface area contributed by atoms with Crippen LogP contribution in [0, 0.1) is 3.57 Å². The summed E-state index contributed by atoms with van der Waals surface area (Å²) in [5, 5.41) is 4.32. The van der Waals surface area contributed by atoms with Crippen molar-refractivity contribution in [3.63, 3.8) is 0 Å². The molecule has 5 heteroatoms. The van der Waals surface area contributed by atoms with Crippen LogP contribution in [0.2, 0.25) is 0 Å². The van der Waals surface area contributed by atoms with E-state index in [1.54, 1.807) is 12.4 Å². The first-order valence-electron chi connectivity index (χ1n) is 5.03. The topological polar surface area (TPSA) is 56.7 Å². The molecular weight excluding hydrogens is 315 g/mol. The summed E-state index contributed by atoms with van der Waals surface area (Å²) in [6, 6.07) is 4.01. The summed E-state index contributed by atoms with van der Waals surface area (Å²) in [4.78, 5) is 4.01. The predicted octanol–water partition coefficient (Wildman–Crippen LogP) is 1.82. The van der Waals surface area contributed by atoms with E-state index in [0.717, 1.165) is 9.13 Å². The van der Waals surface area contributed by atoms with Gasteiger partial charge >= 0.3 is 0 Å². The summed E-state index contributed by atoms with van der Waals surface area (Å²) in [5.41, 5.74) is 7.16. The van der Waals surface area contributed by atoms with Crippen LogP contribution in [0.1, 0.15) is 18.5 Å². The number of nitrogens with zero attached hydrogens (tertiary/aromatic N) is 3. The minimum absolute atomic E-state index is 0.00176. The smallest absolute Gasteiger partial charge is 0.0918 e. The van der Waals surface area contributed by atoms with Gasteiger partial charge in [-0.05, 0) is 47.2 Å². The summed E-state index contributed by atoms with van der Waals surface area (Å²) in [6.07, 6.45) is 7.38. The van der Waals surface area contributed by atoms with E-state index < -0.39 is 0 Å². The Morgan fingerprint density at radius 2 is 2.06 bits per heavy atom. The lowest BCUT2D eigenvalue weighted by Crippen LogP contribution is -2.30. The van der Waals surface area contributed by atoms with E-state index in [1.807, 2.05) is 36.1 Å². The Labute approximate surface area is 108 Å². The zero-order chi connectivity index (χ0) is 11.5. The second kappa shape index (κ2) is 4.92. The molecular formula is C11H13IN4. The van der Waals surface area contributed by atoms with Gasteiger partial charge in [-0.25, -0.2) is 0 Å². The Bertz CT molecular complexity index is 452. The van der Waals surface area contributed by atoms with Crippen LogP contribution >= 0.6 is 22.6 Å². The molecule has 84 valence electrons. The molecule has 0 aliphatic heterocycles. The van der Waals surface area contributed by atoms with Gasteiger partial charge in [-0.1, -0.05) is 0 Å². The van der Waals surface area contributed by atoms with Gasteiger partial charge in [-0.3, -0.25) is 9.67 Å². The van der Waals surface area contributed by atoms with Crippen LogP contribution in [0.5, 0.6) is 0 Å². The summed E-state index contributed by atoms with van der Waals surface area (Å²) in [6.45, 7) is 1.99. The molecule has 0 aliphatic rings. The first-order valence-corrected chi connectivity index (χ1v) is 6.11. The molecule has 0 amide bonds. The number of halogens is 1. The first-order chi connectivity index (χ1) is 7.68. The second-order valence-corrected chi connectivity index (χ2v) is 4.97. The lowest BCUT2D eigenvalue weighted by molar-refractivity contribution is 0.453. The molecule has 0 fully saturated rings. The predicted molar refractivity (Wildman–Crippen MR) is 71.0 cm³/mol. The average molecular weight is 328 g/mol. The van der Waals surface area contributed by atoms with Crippen LogP contribution < -0.4 is 5.73 Å². The van der Waals surface area contributed by atoms with Gasteiger partial charge in [0.05, 0.1) is 15.8 Å². The number of hydrogen-bond donors (Lipinski definition) is 1. The van der Waals surface area contributed by atoms with Gasteiger partial charge in [0.15, 0.2) is 0 Å². The quantitative estimate of drug-likeness (QED) is 0.875. The van der Waals surface area contributed by atoms with Gasteiger partial charge in [0.2, 0.25) is 0 Å². The number of nitrogens with two attached hydrogens (primary N) is 1. The average Bonchev–Trinajstić information content (AvgIpc) is 2.66. The monoisotopic (exact) mass is 328 g/mol. The highest BCUT2D eigenvalue weighted by molar-refractivity contribution is 14.1. The molecule has 2 unspecified atom stereocenters. The normalized spacial score (nSPS) is 14.7. The Morgan fingerprint density at radius 1 is 1.38 bits per heavy atom. The van der Waals surface area contributed by atoms with Gasteiger partial charge < -0.3 is 5.73 Å². The highest BCUT2D eigenvalue weighted by Crippen LogP contribution is 2.20. The third-order valence-electron chi connectivity index (χ3n) is 2.40. The Hall–Kier alpha value is -0.950. The van der Waals surface area contributed by atoms with Crippen molar-refractivity contribution in [3.8, 4) is 0 Å². The third kappa shape index (κ3) is 2.41. The summed E-state index contributed by atoms with van der Waals surface area (Å²) in [5.74, 6) is 0. The van der Waals surface area contributed by atoms with Crippen molar-refractivity contribution in [2.75, 3.05) is 0 Å². The third-order valence-corrected chi connectivity index (χ3v) is 2.96. The lowest BCUT2D eigenvalue weighted by Gasteiger charge is -2.21. The lowest BCUT2D eigenvalue weighted by atomic mass is 10.0. The first kappa shape index (κ1) is 11.5. The van der Waals surface area contributed by atoms with Crippen molar-refractivity contribution in [2.45, 2.75) is 19.0 Å². The van der Waals surface area contributed by atoms with E-state index >= 15 is 0 Å². The molecule has 0 aromatic carbocycles. The summed E-state index contributed by atoms with van der Waals surface area (Å²) < 4.78 is 3.01. The zero-order valence-corrected chi connectivity index (χ0v) is 11.1. The Balaban J connectivity index is 2.39. The van der Waals surface area contributed by atoms with Crippen LogP contribution in [0.15, 0.2) is 36.9 Å². The van der Waals surface area contributed by atoms with E-state index in [9.17, 15) is 0 Å². The number of hydrogen-bond acceptors (Lipinski definition) is 3. The van der Waals surface area contributed by atoms with E-state index in [0.29, 0.717) is 0 Å². The van der Waals surface area contributed by atoms with Crippen molar-refractivity contribution in [3.05, 3.63) is 46.1 Å². The fourth-order valence-corrected chi connectivity index (χ4v) is 2.13. The van der Waals surface area contributed by atoms with Crippen LogP contribution in [0.25, 0.3) is 0 Å². The molecule has 2 aromatic rings. The number of pyridine rings is 1. The maximum atomic E-state index is 6.03. The maximum absolute atomic E-state index is 6.03. The molecule has 0 radical (unpaired) electrons. The molecule has 0 spiro atoms. The standard InChI is InChI=1S/C11H13IN4/c1-8(13)11(9-2-4-14-5-3-9)16-7-10(12)6-15-16/h2-8,11H,13H2,1H3. The summed E-state index contributed by atoms with van der Waals surface area (Å²) in [7, 11) is 0. The number of rotatable bonds is 3. The second-order valence-electron chi connectivity index (χ2n) is 3.72. The largest absolute Gasteiger partial charge is 0.326 e. The molecule has 2 N–H and O–H groups in total. The van der Waals surface area contributed by atoms with Gasteiger partial charge in [0, 0.05) is 24.6 Å². The minimum Gasteiger partial charge on any atom is -0.326 e. The highest BCUT2D eigenvalue weighted by atomic mass is 127. The zero-order valence-electron chi connectivity index (χ0n) is 8.92. The fraction of sp³-hybridized carbons (Fsp3) is 0.273. The molecule has 0 aliphatic carbocycles. The van der Waals surface area contributed by atoms with Gasteiger partial charge in [0.1, 0.15) is 0 Å². The molecule has 0 saturated carbocycles. The molecule has 0 saturated heterocycles. The molecule has 16 heavy (non-hydrogen) atoms. The maximum Gasteiger partial charge on any atom is 0.0918 e. The van der Waals surface area contributed by atoms with Gasteiger partial charge in [0.25, 0.3) is 0 Å². The Kier molecular flexibility index (Phi) is 3.55. The van der Waals surface area contributed by atoms with E-state index in [4.69, 9.17) is 5.73 Å². The van der Waals surface area contributed by atoms with Crippen molar-refractivity contribution < 1.29 is 0 Å². The van der Waals surface area contributed by atoms with Crippen molar-refractivity contribution in [1.29, 1.82) is 0 Å². The van der Waals surface area contributed by atoms with Crippen molar-refractivity contribution >= 4 is 22.6 Å². The molecule has 4 nitrogen and oxygen atoms in total. The SMILES string of the molecule is CC(N)C(c1ccncc1)n1cc(I)cn1. The molecule has 2 atom stereocenters. The van der Waals surface area contributed by atoms with E-state index in [1.165, 1.54) is 0 Å². The minimum atomic E-state index is -0.00176. The van der Waals surface area contributed by atoms with Crippen LogP contribution in [0.3, 0.4) is 0 Å². The van der Waals surface area contributed by atoms with Crippen molar-refractivity contribution in [2.24, 2.45) is 5.73 Å². The van der Waals surface area contributed by atoms with Crippen molar-refractivity contribution in [1.82, 2.24) is 14.8 Å². The molecule has 2 rings (SSSR count). The van der Waals surface area contributed by atoms with Gasteiger partial charge in [-0.15, -0.1) is 0 Å². The van der Waals surface area contributed by atoms with E-state index in [2.05, 4.69) is 32.7 Å². The van der Waals surface area contributed by atoms with Crippen LogP contribution in [0.4, 0.5) is 0 Å². The molecule has 2 aromatic heterocycles. The molecule has 2 heterocycles. The van der Waals surface area contributed by atoms with E-state index in [-0.39, 0.29) is 12.1 Å². The highest BCUT2D eigenvalue weighted by Gasteiger charge is 2.18. The number of aromatic nitrogens is 3. The van der Waals surface area contributed by atoms with Crippen LogP contribution in [-0.4, -0.2) is 20.8 Å². The van der Waals surface area contributed by atoms with Crippen LogP contribution in [-0.2, 0) is 0 Å². The Morgan fingerprint density at radius 3 is 2.56 bits per heavy atom. The molecule has 0 bridgehead atoms. The summed E-state index contributed by atoms with van der Waals surface area (Å²) >= 11 is 2.24. The van der Waals surface area contributed by atoms with Gasteiger partial charge in [-0.2, -0.15) is 5.10 Å².